The van der Waals surface area contributed by atoms with Gasteiger partial charge in [-0.2, -0.15) is 0 Å². The van der Waals surface area contributed by atoms with Crippen molar-refractivity contribution in [2.45, 2.75) is 25.5 Å². The molecule has 6 nitrogen and oxygen atoms in total. The van der Waals surface area contributed by atoms with Crippen LogP contribution in [0.3, 0.4) is 0 Å². The molecule has 0 radical (unpaired) electrons. The summed E-state index contributed by atoms with van der Waals surface area (Å²) in [6.07, 6.45) is 1.52. The van der Waals surface area contributed by atoms with E-state index in [0.717, 1.165) is 18.4 Å². The Morgan fingerprint density at radius 1 is 1.40 bits per heavy atom. The zero-order valence-corrected chi connectivity index (χ0v) is 10.9. The molecule has 1 N–H and O–H groups in total. The van der Waals surface area contributed by atoms with Crippen LogP contribution in [0.5, 0.6) is 0 Å². The molecule has 0 saturated carbocycles. The largest absolute Gasteiger partial charge is 0.476 e. The summed E-state index contributed by atoms with van der Waals surface area (Å²) in [5.74, 6) is -1.06. The van der Waals surface area contributed by atoms with Gasteiger partial charge in [0.2, 0.25) is 0 Å². The minimum Gasteiger partial charge on any atom is -0.476 e. The number of hydrogen-bond acceptors (Lipinski definition) is 4. The lowest BCUT2D eigenvalue weighted by Gasteiger charge is -2.12. The summed E-state index contributed by atoms with van der Waals surface area (Å²) in [6.45, 7) is 1.15. The highest BCUT2D eigenvalue weighted by atomic mass is 16.5. The number of rotatable bonds is 4. The number of nitrogens with zero attached hydrogens (tertiary/aromatic N) is 3. The second kappa shape index (κ2) is 5.42. The molecule has 1 unspecified atom stereocenters. The molecule has 1 saturated heterocycles. The van der Waals surface area contributed by atoms with Crippen LogP contribution in [0.25, 0.3) is 0 Å². The lowest BCUT2D eigenvalue weighted by molar-refractivity contribution is 0.0672. The van der Waals surface area contributed by atoms with Crippen LogP contribution >= 0.6 is 0 Å². The van der Waals surface area contributed by atoms with Crippen LogP contribution in [0.1, 0.15) is 40.7 Å². The molecule has 1 aliphatic rings. The van der Waals surface area contributed by atoms with Crippen molar-refractivity contribution in [3.63, 3.8) is 0 Å². The van der Waals surface area contributed by atoms with Gasteiger partial charge in [-0.3, -0.25) is 0 Å². The van der Waals surface area contributed by atoms with Crippen LogP contribution in [0.2, 0.25) is 0 Å². The predicted octanol–water partition coefficient (Wildman–Crippen LogP) is 1.88. The third-order valence-electron chi connectivity index (χ3n) is 3.39. The first-order valence-corrected chi connectivity index (χ1v) is 6.58. The Hall–Kier alpha value is -2.21. The normalized spacial score (nSPS) is 18.3. The molecular weight excluding hydrogens is 258 g/mol. The van der Waals surface area contributed by atoms with Crippen molar-refractivity contribution in [2.24, 2.45) is 0 Å². The maximum atomic E-state index is 11.3. The topological polar surface area (TPSA) is 77.2 Å². The summed E-state index contributed by atoms with van der Waals surface area (Å²) < 4.78 is 7.24. The Morgan fingerprint density at radius 3 is 2.85 bits per heavy atom. The number of hydrogen-bond donors (Lipinski definition) is 1. The zero-order valence-electron chi connectivity index (χ0n) is 10.9. The fraction of sp³-hybridized carbons (Fsp3) is 0.357. The number of carboxylic acids is 1. The second-order valence-electron chi connectivity index (χ2n) is 4.77. The summed E-state index contributed by atoms with van der Waals surface area (Å²) in [6, 6.07) is 9.77. The van der Waals surface area contributed by atoms with Gasteiger partial charge >= 0.3 is 5.97 Å². The van der Waals surface area contributed by atoms with Crippen molar-refractivity contribution in [1.29, 1.82) is 0 Å². The fourth-order valence-electron chi connectivity index (χ4n) is 2.46. The average Bonchev–Trinajstić information content (AvgIpc) is 3.08. The van der Waals surface area contributed by atoms with Crippen molar-refractivity contribution in [1.82, 2.24) is 15.0 Å². The van der Waals surface area contributed by atoms with E-state index < -0.39 is 5.97 Å². The van der Waals surface area contributed by atoms with Crippen molar-refractivity contribution >= 4 is 5.97 Å². The van der Waals surface area contributed by atoms with E-state index in [4.69, 9.17) is 4.74 Å². The fourth-order valence-corrected chi connectivity index (χ4v) is 2.46. The molecule has 0 bridgehead atoms. The molecule has 3 rings (SSSR count). The quantitative estimate of drug-likeness (QED) is 0.920. The molecule has 0 spiro atoms. The molecule has 2 aromatic rings. The van der Waals surface area contributed by atoms with Gasteiger partial charge in [0, 0.05) is 6.61 Å². The smallest absolute Gasteiger partial charge is 0.358 e. The van der Waals surface area contributed by atoms with Crippen LogP contribution in [-0.2, 0) is 11.3 Å². The van der Waals surface area contributed by atoms with E-state index >= 15 is 0 Å². The number of aromatic nitrogens is 3. The average molecular weight is 273 g/mol. The second-order valence-corrected chi connectivity index (χ2v) is 4.77. The maximum absolute atomic E-state index is 11.3. The summed E-state index contributed by atoms with van der Waals surface area (Å²) in [4.78, 5) is 11.3. The monoisotopic (exact) mass is 273 g/mol. The van der Waals surface area contributed by atoms with Crippen LogP contribution in [-0.4, -0.2) is 32.7 Å². The number of carbonyl (C=O) groups is 1. The number of ether oxygens (including phenoxy) is 1. The highest BCUT2D eigenvalue weighted by molar-refractivity contribution is 5.86. The lowest BCUT2D eigenvalue weighted by atomic mass is 10.1. The van der Waals surface area contributed by atoms with E-state index in [1.165, 1.54) is 0 Å². The molecular formula is C14H15N3O3. The van der Waals surface area contributed by atoms with Crippen molar-refractivity contribution < 1.29 is 14.6 Å². The summed E-state index contributed by atoms with van der Waals surface area (Å²) in [5.41, 5.74) is 1.61. The Kier molecular flexibility index (Phi) is 3.47. The minimum absolute atomic E-state index is 0.00664. The molecule has 0 amide bonds. The van der Waals surface area contributed by atoms with Gasteiger partial charge in [-0.15, -0.1) is 5.10 Å². The first-order valence-electron chi connectivity index (χ1n) is 6.58. The first-order chi connectivity index (χ1) is 9.75. The third kappa shape index (κ3) is 2.42. The molecule has 1 atom stereocenters. The van der Waals surface area contributed by atoms with Gasteiger partial charge in [0.1, 0.15) is 11.8 Å². The maximum Gasteiger partial charge on any atom is 0.358 e. The molecule has 1 aliphatic heterocycles. The van der Waals surface area contributed by atoms with Gasteiger partial charge in [0.15, 0.2) is 5.69 Å². The summed E-state index contributed by atoms with van der Waals surface area (Å²) in [7, 11) is 0. The van der Waals surface area contributed by atoms with Crippen molar-refractivity contribution in [3.05, 3.63) is 47.3 Å². The molecule has 1 aromatic heterocycles. The van der Waals surface area contributed by atoms with Gasteiger partial charge in [0.05, 0.1) is 6.54 Å². The highest BCUT2D eigenvalue weighted by Crippen LogP contribution is 2.30. The van der Waals surface area contributed by atoms with E-state index in [1.807, 2.05) is 30.3 Å². The van der Waals surface area contributed by atoms with Gasteiger partial charge in [-0.1, -0.05) is 35.5 Å². The Labute approximate surface area is 116 Å². The Bertz CT molecular complexity index is 603. The third-order valence-corrected chi connectivity index (χ3v) is 3.39. The van der Waals surface area contributed by atoms with Gasteiger partial charge < -0.3 is 9.84 Å². The van der Waals surface area contributed by atoms with E-state index in [9.17, 15) is 9.90 Å². The Morgan fingerprint density at radius 2 is 2.20 bits per heavy atom. The molecule has 20 heavy (non-hydrogen) atoms. The van der Waals surface area contributed by atoms with E-state index in [0.29, 0.717) is 18.8 Å². The van der Waals surface area contributed by atoms with E-state index in [-0.39, 0.29) is 11.8 Å². The van der Waals surface area contributed by atoms with Crippen LogP contribution in [0.4, 0.5) is 0 Å². The lowest BCUT2D eigenvalue weighted by Crippen LogP contribution is -2.13. The standard InChI is InChI=1S/C14H15N3O3/c18-14(19)12-13(11-7-4-8-20-11)17(16-15-12)9-10-5-2-1-3-6-10/h1-3,5-6,11H,4,7-9H2,(H,18,19). The highest BCUT2D eigenvalue weighted by Gasteiger charge is 2.29. The van der Waals surface area contributed by atoms with Crippen LogP contribution in [0, 0.1) is 0 Å². The molecule has 0 aliphatic carbocycles. The van der Waals surface area contributed by atoms with Crippen molar-refractivity contribution in [3.8, 4) is 0 Å². The molecule has 6 heteroatoms. The first kappa shape index (κ1) is 12.8. The van der Waals surface area contributed by atoms with Crippen LogP contribution in [0.15, 0.2) is 30.3 Å². The number of carboxylic acid groups (broad SMARTS) is 1. The zero-order chi connectivity index (χ0) is 13.9. The number of benzene rings is 1. The summed E-state index contributed by atoms with van der Waals surface area (Å²) >= 11 is 0. The minimum atomic E-state index is -1.06. The van der Waals surface area contributed by atoms with Gasteiger partial charge in [-0.25, -0.2) is 9.48 Å². The predicted molar refractivity (Wildman–Crippen MR) is 70.5 cm³/mol. The number of aromatic carboxylic acids is 1. The van der Waals surface area contributed by atoms with Crippen LogP contribution < -0.4 is 0 Å². The molecule has 1 fully saturated rings. The molecule has 2 heterocycles. The Balaban J connectivity index is 1.96. The van der Waals surface area contributed by atoms with Gasteiger partial charge in [-0.05, 0) is 18.4 Å². The molecule has 1 aromatic carbocycles. The summed E-state index contributed by atoms with van der Waals surface area (Å²) in [5, 5.41) is 17.0. The van der Waals surface area contributed by atoms with E-state index in [2.05, 4.69) is 10.3 Å². The van der Waals surface area contributed by atoms with E-state index in [1.54, 1.807) is 4.68 Å². The molecule has 104 valence electrons. The van der Waals surface area contributed by atoms with Crippen molar-refractivity contribution in [2.75, 3.05) is 6.61 Å². The SMILES string of the molecule is O=C(O)c1nnn(Cc2ccccc2)c1C1CCCO1. The van der Waals surface area contributed by atoms with Gasteiger partial charge in [0.25, 0.3) is 0 Å².